The van der Waals surface area contributed by atoms with Gasteiger partial charge < -0.3 is 5.11 Å². The number of rotatable bonds is 5. The van der Waals surface area contributed by atoms with E-state index in [4.69, 9.17) is 16.8 Å². The number of aliphatic imine (C=N–C) groups is 1. The van der Waals surface area contributed by atoms with Crippen molar-refractivity contribution in [3.8, 4) is 5.88 Å². The van der Waals surface area contributed by atoms with Crippen LogP contribution in [0.2, 0.25) is 0 Å². The van der Waals surface area contributed by atoms with E-state index < -0.39 is 15.9 Å². The highest BCUT2D eigenvalue weighted by Crippen LogP contribution is 2.25. The molecule has 0 saturated heterocycles. The predicted octanol–water partition coefficient (Wildman–Crippen LogP) is 2.62. The van der Waals surface area contributed by atoms with Crippen LogP contribution in [0.25, 0.3) is 0 Å². The van der Waals surface area contributed by atoms with Gasteiger partial charge in [-0.1, -0.05) is 29.5 Å². The highest BCUT2D eigenvalue weighted by atomic mass is 32.2. The van der Waals surface area contributed by atoms with Gasteiger partial charge in [-0.15, -0.1) is 0 Å². The van der Waals surface area contributed by atoms with E-state index in [0.29, 0.717) is 8.83 Å². The lowest BCUT2D eigenvalue weighted by molar-refractivity contribution is 0.416. The lowest BCUT2D eigenvalue weighted by atomic mass is 10.3. The smallest absolute Gasteiger partial charge is 0.266 e. The van der Waals surface area contributed by atoms with Gasteiger partial charge in [-0.05, 0) is 24.4 Å². The van der Waals surface area contributed by atoms with E-state index in [1.807, 2.05) is 30.3 Å². The summed E-state index contributed by atoms with van der Waals surface area (Å²) in [5.41, 5.74) is 0.723. The first kappa shape index (κ1) is 15.8. The Labute approximate surface area is 130 Å². The average Bonchev–Trinajstić information content (AvgIpc) is 2.69. The molecule has 0 amide bonds. The molecule has 0 unspecified atom stereocenters. The SMILES string of the molecule is O=S(=O)(O)CCn1c(O)c(C=Nc2ccccc2)sc1=S. The van der Waals surface area contributed by atoms with E-state index in [0.717, 1.165) is 17.0 Å². The summed E-state index contributed by atoms with van der Waals surface area (Å²) < 4.78 is 31.8. The van der Waals surface area contributed by atoms with Gasteiger partial charge in [0, 0.05) is 6.54 Å². The third kappa shape index (κ3) is 4.46. The number of para-hydroxylation sites is 1. The number of hydrogen-bond donors (Lipinski definition) is 2. The van der Waals surface area contributed by atoms with Crippen molar-refractivity contribution in [1.82, 2.24) is 4.57 Å². The Hall–Kier alpha value is -1.55. The predicted molar refractivity (Wildman–Crippen MR) is 84.9 cm³/mol. The molecule has 0 atom stereocenters. The van der Waals surface area contributed by atoms with Crippen molar-refractivity contribution in [2.75, 3.05) is 5.75 Å². The van der Waals surface area contributed by atoms with Gasteiger partial charge in [-0.25, -0.2) is 0 Å². The van der Waals surface area contributed by atoms with Crippen molar-refractivity contribution < 1.29 is 18.1 Å². The first-order valence-corrected chi connectivity index (χ1v) is 8.67. The average molecular weight is 344 g/mol. The van der Waals surface area contributed by atoms with Crippen molar-refractivity contribution in [3.05, 3.63) is 39.2 Å². The molecule has 0 aliphatic carbocycles. The van der Waals surface area contributed by atoms with Crippen LogP contribution in [-0.2, 0) is 16.7 Å². The normalized spacial score (nSPS) is 12.0. The van der Waals surface area contributed by atoms with E-state index in [1.54, 1.807) is 0 Å². The van der Waals surface area contributed by atoms with Gasteiger partial charge in [-0.3, -0.25) is 14.1 Å². The van der Waals surface area contributed by atoms with E-state index >= 15 is 0 Å². The molecule has 0 aliphatic rings. The fraction of sp³-hybridized carbons (Fsp3) is 0.167. The molecule has 9 heteroatoms. The van der Waals surface area contributed by atoms with Crippen LogP contribution >= 0.6 is 23.6 Å². The second kappa shape index (κ2) is 6.48. The van der Waals surface area contributed by atoms with Crippen molar-refractivity contribution in [3.63, 3.8) is 0 Å². The summed E-state index contributed by atoms with van der Waals surface area (Å²) >= 11 is 6.18. The summed E-state index contributed by atoms with van der Waals surface area (Å²) in [6, 6.07) is 9.16. The molecule has 0 aliphatic heterocycles. The minimum absolute atomic E-state index is 0.112. The molecular formula is C12H12N2O4S3. The van der Waals surface area contributed by atoms with Gasteiger partial charge in [0.1, 0.15) is 4.88 Å². The third-order valence-corrected chi connectivity index (χ3v) is 4.63. The Kier molecular flexibility index (Phi) is 4.88. The maximum absolute atomic E-state index is 10.7. The summed E-state index contributed by atoms with van der Waals surface area (Å²) in [6.07, 6.45) is 1.47. The molecule has 6 nitrogen and oxygen atoms in total. The molecule has 2 rings (SSSR count). The number of aromatic hydroxyl groups is 1. The Morgan fingerprint density at radius 1 is 1.33 bits per heavy atom. The lowest BCUT2D eigenvalue weighted by Gasteiger charge is -2.02. The first-order valence-electron chi connectivity index (χ1n) is 5.84. The molecule has 112 valence electrons. The summed E-state index contributed by atoms with van der Waals surface area (Å²) in [7, 11) is -4.11. The number of aromatic nitrogens is 1. The van der Waals surface area contributed by atoms with Crippen LogP contribution in [0, 0.1) is 3.95 Å². The number of benzene rings is 1. The zero-order chi connectivity index (χ0) is 15.5. The maximum Gasteiger partial charge on any atom is 0.266 e. The molecule has 2 aromatic rings. The Bertz CT molecular complexity index is 807. The van der Waals surface area contributed by atoms with Crippen LogP contribution in [0.3, 0.4) is 0 Å². The van der Waals surface area contributed by atoms with Crippen molar-refractivity contribution >= 4 is 45.6 Å². The van der Waals surface area contributed by atoms with Crippen LogP contribution < -0.4 is 0 Å². The van der Waals surface area contributed by atoms with Gasteiger partial charge in [0.2, 0.25) is 5.88 Å². The van der Waals surface area contributed by atoms with E-state index in [-0.39, 0.29) is 12.4 Å². The van der Waals surface area contributed by atoms with Crippen LogP contribution in [0.1, 0.15) is 4.88 Å². The van der Waals surface area contributed by atoms with Gasteiger partial charge in [0.05, 0.1) is 17.7 Å². The second-order valence-corrected chi connectivity index (χ2v) is 7.34. The standard InChI is InChI=1S/C12H12N2O4S3/c15-11-10(8-13-9-4-2-1-3-5-9)20-12(19)14(11)6-7-21(16,17)18/h1-5,8,15H,6-7H2,(H,16,17,18). The topological polar surface area (TPSA) is 91.9 Å². The number of thiazole rings is 1. The van der Waals surface area contributed by atoms with Gasteiger partial charge in [-0.2, -0.15) is 8.42 Å². The number of hydrogen-bond acceptors (Lipinski definition) is 6. The fourth-order valence-corrected chi connectivity index (χ4v) is 3.19. The molecule has 1 heterocycles. The molecule has 21 heavy (non-hydrogen) atoms. The van der Waals surface area contributed by atoms with Crippen LogP contribution in [0.5, 0.6) is 5.88 Å². The molecular weight excluding hydrogens is 332 g/mol. The summed E-state index contributed by atoms with van der Waals surface area (Å²) in [5, 5.41) is 10.0. The monoisotopic (exact) mass is 344 g/mol. The maximum atomic E-state index is 10.7. The largest absolute Gasteiger partial charge is 0.493 e. The van der Waals surface area contributed by atoms with Gasteiger partial charge >= 0.3 is 0 Å². The molecule has 0 bridgehead atoms. The Balaban J connectivity index is 2.23. The van der Waals surface area contributed by atoms with E-state index in [1.165, 1.54) is 10.8 Å². The summed E-state index contributed by atoms with van der Waals surface area (Å²) in [4.78, 5) is 4.63. The molecule has 2 N–H and O–H groups in total. The molecule has 0 spiro atoms. The Morgan fingerprint density at radius 2 is 2.00 bits per heavy atom. The molecule has 0 radical (unpaired) electrons. The van der Waals surface area contributed by atoms with Crippen molar-refractivity contribution in [2.24, 2.45) is 4.99 Å². The summed E-state index contributed by atoms with van der Waals surface area (Å²) in [5.74, 6) is -0.672. The molecule has 0 fully saturated rings. The van der Waals surface area contributed by atoms with Crippen LogP contribution in [-0.4, -0.2) is 34.6 Å². The van der Waals surface area contributed by atoms with Crippen molar-refractivity contribution in [2.45, 2.75) is 6.54 Å². The third-order valence-electron chi connectivity index (χ3n) is 2.55. The number of nitrogens with zero attached hydrogens (tertiary/aromatic N) is 2. The molecule has 1 aromatic heterocycles. The van der Waals surface area contributed by atoms with Gasteiger partial charge in [0.15, 0.2) is 3.95 Å². The highest BCUT2D eigenvalue weighted by Gasteiger charge is 2.13. The van der Waals surface area contributed by atoms with Crippen molar-refractivity contribution in [1.29, 1.82) is 0 Å². The zero-order valence-corrected chi connectivity index (χ0v) is 13.2. The second-order valence-electron chi connectivity index (χ2n) is 4.09. The quantitative estimate of drug-likeness (QED) is 0.494. The minimum Gasteiger partial charge on any atom is -0.493 e. The summed E-state index contributed by atoms with van der Waals surface area (Å²) in [6.45, 7) is -0.112. The molecule has 1 aromatic carbocycles. The van der Waals surface area contributed by atoms with Crippen LogP contribution in [0.15, 0.2) is 35.3 Å². The highest BCUT2D eigenvalue weighted by molar-refractivity contribution is 7.85. The van der Waals surface area contributed by atoms with E-state index in [2.05, 4.69) is 4.99 Å². The first-order chi connectivity index (χ1) is 9.87. The van der Waals surface area contributed by atoms with Gasteiger partial charge in [0.25, 0.3) is 10.1 Å². The van der Waals surface area contributed by atoms with Crippen LogP contribution in [0.4, 0.5) is 5.69 Å². The zero-order valence-electron chi connectivity index (χ0n) is 10.7. The fourth-order valence-electron chi connectivity index (χ4n) is 1.55. The Morgan fingerprint density at radius 3 is 2.62 bits per heavy atom. The lowest BCUT2D eigenvalue weighted by Crippen LogP contribution is -2.11. The minimum atomic E-state index is -4.11. The van der Waals surface area contributed by atoms with E-state index in [9.17, 15) is 13.5 Å². The molecule has 0 saturated carbocycles.